The smallest absolute Gasteiger partial charge is 0.291 e. The van der Waals surface area contributed by atoms with E-state index >= 15 is 0 Å². The largest absolute Gasteiger partial charge is 0.325 e. The highest BCUT2D eigenvalue weighted by molar-refractivity contribution is 7.99. The summed E-state index contributed by atoms with van der Waals surface area (Å²) in [5.41, 5.74) is 1.81. The van der Waals surface area contributed by atoms with E-state index in [1.54, 1.807) is 33.8 Å². The highest BCUT2D eigenvalue weighted by Crippen LogP contribution is 2.37. The summed E-state index contributed by atoms with van der Waals surface area (Å²) in [4.78, 5) is 30.3. The number of para-hydroxylation sites is 1. The lowest BCUT2D eigenvalue weighted by molar-refractivity contribution is -0.763. The minimum absolute atomic E-state index is 0.223. The van der Waals surface area contributed by atoms with Crippen LogP contribution in [-0.2, 0) is 4.79 Å². The van der Waals surface area contributed by atoms with Gasteiger partial charge in [0.05, 0.1) is 11.3 Å². The number of hydrogen-bond donors (Lipinski definition) is 1. The van der Waals surface area contributed by atoms with E-state index in [2.05, 4.69) is 11.9 Å². The maximum atomic E-state index is 14.1. The third kappa shape index (κ3) is 4.12. The highest BCUT2D eigenvalue weighted by atomic mass is 32.2. The van der Waals surface area contributed by atoms with Gasteiger partial charge in [0.25, 0.3) is 6.17 Å². The van der Waals surface area contributed by atoms with Crippen LogP contribution in [0.2, 0.25) is 0 Å². The van der Waals surface area contributed by atoms with Gasteiger partial charge >= 0.3 is 11.3 Å². The molecule has 4 rings (SSSR count). The molecule has 0 saturated heterocycles. The molecule has 1 aromatic heterocycles. The molecule has 1 amide bonds. The van der Waals surface area contributed by atoms with Crippen molar-refractivity contribution in [1.82, 2.24) is 10.1 Å². The van der Waals surface area contributed by atoms with Crippen LogP contribution in [0.1, 0.15) is 44.8 Å². The number of hydrogen-bond acceptors (Lipinski definition) is 4. The van der Waals surface area contributed by atoms with Crippen molar-refractivity contribution in [3.63, 3.8) is 0 Å². The molecule has 160 valence electrons. The molecule has 0 radical (unpaired) electrons. The molecule has 2 heterocycles. The second kappa shape index (κ2) is 9.01. The molecular formula is C23H24FN4O2S+. The van der Waals surface area contributed by atoms with E-state index in [0.717, 1.165) is 25.0 Å². The maximum absolute atomic E-state index is 14.1. The summed E-state index contributed by atoms with van der Waals surface area (Å²) in [5.74, 6) is 0.188. The van der Waals surface area contributed by atoms with Gasteiger partial charge in [0, 0.05) is 23.3 Å². The number of aromatic nitrogens is 3. The van der Waals surface area contributed by atoms with Crippen LogP contribution < -0.4 is 15.1 Å². The molecule has 0 bridgehead atoms. The number of unbranched alkanes of at least 4 members (excludes halogenated alkanes) is 2. The predicted octanol–water partition coefficient (Wildman–Crippen LogP) is 4.06. The quantitative estimate of drug-likeness (QED) is 0.357. The minimum atomic E-state index is -0.768. The molecule has 8 heteroatoms. The van der Waals surface area contributed by atoms with Gasteiger partial charge in [-0.15, -0.1) is 0 Å². The van der Waals surface area contributed by atoms with E-state index in [1.165, 1.54) is 30.8 Å². The van der Waals surface area contributed by atoms with Crippen molar-refractivity contribution in [2.24, 2.45) is 0 Å². The Labute approximate surface area is 184 Å². The Morgan fingerprint density at radius 2 is 2.03 bits per heavy atom. The van der Waals surface area contributed by atoms with Gasteiger partial charge in [0.1, 0.15) is 5.82 Å². The number of fused-ring (bicyclic) bond motifs is 3. The molecule has 0 aliphatic carbocycles. The van der Waals surface area contributed by atoms with E-state index in [-0.39, 0.29) is 11.5 Å². The zero-order valence-electron chi connectivity index (χ0n) is 17.5. The zero-order chi connectivity index (χ0) is 22.0. The Kier molecular flexibility index (Phi) is 6.18. The summed E-state index contributed by atoms with van der Waals surface area (Å²) in [6, 6.07) is 13.3. The molecule has 0 spiro atoms. The lowest BCUT2D eigenvalue weighted by atomic mass is 10.0. The molecule has 3 aromatic rings. The van der Waals surface area contributed by atoms with Crippen LogP contribution in [0.4, 0.5) is 10.1 Å². The fourth-order valence-corrected chi connectivity index (χ4v) is 4.72. The van der Waals surface area contributed by atoms with Gasteiger partial charge in [0.15, 0.2) is 0 Å². The lowest BCUT2D eigenvalue weighted by Crippen LogP contribution is -2.60. The van der Waals surface area contributed by atoms with Crippen LogP contribution in [0.3, 0.4) is 0 Å². The van der Waals surface area contributed by atoms with Gasteiger partial charge in [-0.3, -0.25) is 14.6 Å². The SMILES string of the molecule is CCCCCSc1n[n+]2c(c(=O)[nH]1)-c1ccccc1N(C(C)=O)[C@H]2c1cccc(F)c1. The second-order valence-electron chi connectivity index (χ2n) is 7.44. The first-order valence-corrected chi connectivity index (χ1v) is 11.3. The third-order valence-electron chi connectivity index (χ3n) is 5.23. The normalized spacial score (nSPS) is 14.8. The number of carbonyl (C=O) groups is 1. The number of nitrogens with one attached hydrogen (secondary N) is 1. The van der Waals surface area contributed by atoms with Crippen molar-refractivity contribution in [3.05, 3.63) is 70.3 Å². The number of carbonyl (C=O) groups excluding carboxylic acids is 1. The Hall–Kier alpha value is -3.00. The maximum Gasteiger partial charge on any atom is 0.325 e. The van der Waals surface area contributed by atoms with E-state index in [1.807, 2.05) is 12.1 Å². The van der Waals surface area contributed by atoms with Crippen LogP contribution in [0.15, 0.2) is 58.5 Å². The Morgan fingerprint density at radius 1 is 1.23 bits per heavy atom. The second-order valence-corrected chi connectivity index (χ2v) is 8.53. The van der Waals surface area contributed by atoms with Crippen LogP contribution in [0.25, 0.3) is 11.3 Å². The highest BCUT2D eigenvalue weighted by Gasteiger charge is 2.44. The first-order chi connectivity index (χ1) is 15.0. The average molecular weight is 440 g/mol. The molecule has 31 heavy (non-hydrogen) atoms. The van der Waals surface area contributed by atoms with Crippen LogP contribution >= 0.6 is 11.8 Å². The van der Waals surface area contributed by atoms with E-state index < -0.39 is 12.0 Å². The monoisotopic (exact) mass is 439 g/mol. The molecule has 1 N–H and O–H groups in total. The third-order valence-corrected chi connectivity index (χ3v) is 6.18. The summed E-state index contributed by atoms with van der Waals surface area (Å²) >= 11 is 1.47. The van der Waals surface area contributed by atoms with Crippen molar-refractivity contribution >= 4 is 23.4 Å². The molecule has 1 aliphatic rings. The number of benzene rings is 2. The van der Waals surface area contributed by atoms with E-state index in [9.17, 15) is 14.0 Å². The van der Waals surface area contributed by atoms with E-state index in [0.29, 0.717) is 27.7 Å². The van der Waals surface area contributed by atoms with E-state index in [4.69, 9.17) is 5.10 Å². The summed E-state index contributed by atoms with van der Waals surface area (Å²) in [7, 11) is 0. The van der Waals surface area contributed by atoms with Crippen molar-refractivity contribution in [1.29, 1.82) is 0 Å². The number of rotatable bonds is 6. The van der Waals surface area contributed by atoms with Crippen molar-refractivity contribution in [2.45, 2.75) is 44.4 Å². The van der Waals surface area contributed by atoms with Gasteiger partial charge in [0.2, 0.25) is 11.1 Å². The van der Waals surface area contributed by atoms with Gasteiger partial charge < -0.3 is 0 Å². The predicted molar refractivity (Wildman–Crippen MR) is 118 cm³/mol. The van der Waals surface area contributed by atoms with Gasteiger partial charge in [-0.25, -0.2) is 9.29 Å². The molecule has 0 unspecified atom stereocenters. The number of thioether (sulfide) groups is 1. The van der Waals surface area contributed by atoms with Crippen LogP contribution in [0.5, 0.6) is 0 Å². The number of H-pyrrole nitrogens is 1. The first-order valence-electron chi connectivity index (χ1n) is 10.3. The van der Waals surface area contributed by atoms with Crippen LogP contribution in [-0.4, -0.2) is 21.7 Å². The molecule has 0 saturated carbocycles. The lowest BCUT2D eigenvalue weighted by Gasteiger charge is -2.31. The van der Waals surface area contributed by atoms with Gasteiger partial charge in [-0.05, 0) is 41.4 Å². The Bertz CT molecular complexity index is 1180. The number of aromatic amines is 1. The number of halogens is 1. The Morgan fingerprint density at radius 3 is 2.77 bits per heavy atom. The van der Waals surface area contributed by atoms with Crippen molar-refractivity contribution in [2.75, 3.05) is 10.7 Å². The molecule has 0 fully saturated rings. The summed E-state index contributed by atoms with van der Waals surface area (Å²) in [6.07, 6.45) is 2.46. The standard InChI is InChI=1S/C23H23FN4O2S/c1-3-4-7-13-31-23-25-21(30)20-18-11-5-6-12-19(18)27(15(2)29)22(28(20)26-23)16-9-8-10-17(24)14-16/h5-6,8-12,14,22H,3-4,7,13H2,1-2H3/p+1/t22-/m1/s1. The number of anilines is 1. The van der Waals surface area contributed by atoms with Gasteiger partial charge in [-0.1, -0.05) is 49.7 Å². The number of nitrogens with zero attached hydrogens (tertiary/aromatic N) is 3. The molecule has 1 atom stereocenters. The van der Waals surface area contributed by atoms with Gasteiger partial charge in [-0.2, -0.15) is 0 Å². The summed E-state index contributed by atoms with van der Waals surface area (Å²) in [6.45, 7) is 3.60. The molecule has 2 aromatic carbocycles. The first kappa shape index (κ1) is 21.2. The zero-order valence-corrected chi connectivity index (χ0v) is 18.3. The fourth-order valence-electron chi connectivity index (χ4n) is 3.87. The topological polar surface area (TPSA) is 69.9 Å². The fraction of sp³-hybridized carbons (Fsp3) is 0.304. The average Bonchev–Trinajstić information content (AvgIpc) is 2.75. The van der Waals surface area contributed by atoms with Crippen molar-refractivity contribution < 1.29 is 13.9 Å². The molecule has 1 aliphatic heterocycles. The Balaban J connectivity index is 1.92. The van der Waals surface area contributed by atoms with Crippen LogP contribution in [0, 0.1) is 5.82 Å². The molecular weight excluding hydrogens is 415 g/mol. The number of amides is 1. The summed E-state index contributed by atoms with van der Waals surface area (Å²) < 4.78 is 15.7. The summed E-state index contributed by atoms with van der Waals surface area (Å²) in [5, 5.41) is 5.18. The molecule has 6 nitrogen and oxygen atoms in total. The van der Waals surface area contributed by atoms with Crippen molar-refractivity contribution in [3.8, 4) is 11.3 Å². The minimum Gasteiger partial charge on any atom is -0.291 e.